The Hall–Kier alpha value is -4.67. The number of para-hydroxylation sites is 2. The monoisotopic (exact) mass is 496 g/mol. The SMILES string of the molecule is Clc1c(-n2nc(-c3ccccc3)c3ccccc32)cccc1-n1nc(-c2ccccc2)c2ccccc21. The second-order valence-electron chi connectivity index (χ2n) is 8.90. The van der Waals surface area contributed by atoms with Gasteiger partial charge in [-0.15, -0.1) is 0 Å². The highest BCUT2D eigenvalue weighted by Crippen LogP contribution is 2.36. The summed E-state index contributed by atoms with van der Waals surface area (Å²) in [5.41, 5.74) is 7.58. The Bertz CT molecular complexity index is 1750. The normalized spacial score (nSPS) is 11.4. The first kappa shape index (κ1) is 21.6. The van der Waals surface area contributed by atoms with E-state index in [1.807, 2.05) is 88.2 Å². The zero-order valence-electron chi connectivity index (χ0n) is 19.8. The average Bonchev–Trinajstić information content (AvgIpc) is 3.54. The summed E-state index contributed by atoms with van der Waals surface area (Å²) in [7, 11) is 0. The van der Waals surface area contributed by atoms with Crippen molar-refractivity contribution in [2.75, 3.05) is 0 Å². The van der Waals surface area contributed by atoms with Crippen LogP contribution in [0.4, 0.5) is 0 Å². The smallest absolute Gasteiger partial charge is 0.101 e. The Morgan fingerprint density at radius 3 is 1.30 bits per heavy atom. The number of benzene rings is 5. The lowest BCUT2D eigenvalue weighted by molar-refractivity contribution is 0.890. The van der Waals surface area contributed by atoms with Crippen molar-refractivity contribution in [3.63, 3.8) is 0 Å². The summed E-state index contributed by atoms with van der Waals surface area (Å²) >= 11 is 7.17. The number of hydrogen-bond donors (Lipinski definition) is 0. The van der Waals surface area contributed by atoms with Crippen LogP contribution in [0.15, 0.2) is 127 Å². The van der Waals surface area contributed by atoms with Crippen LogP contribution in [0.2, 0.25) is 5.02 Å². The molecule has 0 radical (unpaired) electrons. The molecule has 2 aromatic heterocycles. The van der Waals surface area contributed by atoms with Crippen LogP contribution in [-0.4, -0.2) is 19.6 Å². The van der Waals surface area contributed by atoms with Gasteiger partial charge in [-0.1, -0.05) is 115 Å². The predicted octanol–water partition coefficient (Wildman–Crippen LogP) is 8.35. The molecule has 5 heteroatoms. The quantitative estimate of drug-likeness (QED) is 0.245. The Balaban J connectivity index is 1.45. The molecule has 0 saturated carbocycles. The van der Waals surface area contributed by atoms with E-state index in [2.05, 4.69) is 48.5 Å². The fourth-order valence-electron chi connectivity index (χ4n) is 4.95. The number of fused-ring (bicyclic) bond motifs is 2. The third-order valence-electron chi connectivity index (χ3n) is 6.68. The van der Waals surface area contributed by atoms with Crippen molar-refractivity contribution in [1.29, 1.82) is 0 Å². The lowest BCUT2D eigenvalue weighted by atomic mass is 10.1. The molecule has 37 heavy (non-hydrogen) atoms. The van der Waals surface area contributed by atoms with Gasteiger partial charge in [0.15, 0.2) is 0 Å². The van der Waals surface area contributed by atoms with Crippen LogP contribution in [0.1, 0.15) is 0 Å². The second kappa shape index (κ2) is 8.77. The molecule has 0 unspecified atom stereocenters. The minimum Gasteiger partial charge on any atom is -0.231 e. The van der Waals surface area contributed by atoms with Gasteiger partial charge in [0, 0.05) is 21.9 Å². The van der Waals surface area contributed by atoms with Crippen LogP contribution in [0, 0.1) is 0 Å². The van der Waals surface area contributed by atoms with Gasteiger partial charge in [0.2, 0.25) is 0 Å². The molecule has 0 fully saturated rings. The standard InChI is InChI=1S/C32H21ClN4/c33-30-28(36-26-18-9-7-16-24(26)31(34-36)22-12-3-1-4-13-22)20-11-21-29(30)37-27-19-10-8-17-25(27)32(35-37)23-14-5-2-6-15-23/h1-21H. The van der Waals surface area contributed by atoms with Crippen LogP contribution in [0.5, 0.6) is 0 Å². The number of halogens is 1. The molecule has 0 bridgehead atoms. The average molecular weight is 497 g/mol. The summed E-state index contributed by atoms with van der Waals surface area (Å²) in [6, 6.07) is 43.0. The minimum absolute atomic E-state index is 0.586. The van der Waals surface area contributed by atoms with E-state index in [9.17, 15) is 0 Å². The Morgan fingerprint density at radius 2 is 0.838 bits per heavy atom. The lowest BCUT2D eigenvalue weighted by Gasteiger charge is -2.11. The molecule has 0 spiro atoms. The molecule has 176 valence electrons. The summed E-state index contributed by atoms with van der Waals surface area (Å²) in [6.07, 6.45) is 0. The van der Waals surface area contributed by atoms with Crippen LogP contribution in [0.25, 0.3) is 55.7 Å². The number of hydrogen-bond acceptors (Lipinski definition) is 2. The van der Waals surface area contributed by atoms with Crippen molar-refractivity contribution in [2.45, 2.75) is 0 Å². The molecule has 0 aliphatic rings. The maximum Gasteiger partial charge on any atom is 0.101 e. The Labute approximate surface area is 219 Å². The number of rotatable bonds is 4. The molecule has 0 aliphatic heterocycles. The Morgan fingerprint density at radius 1 is 0.432 bits per heavy atom. The van der Waals surface area contributed by atoms with Crippen LogP contribution < -0.4 is 0 Å². The topological polar surface area (TPSA) is 35.6 Å². The molecule has 0 aliphatic carbocycles. The van der Waals surface area contributed by atoms with Crippen molar-refractivity contribution < 1.29 is 0 Å². The molecule has 7 aromatic rings. The zero-order chi connectivity index (χ0) is 24.8. The Kier molecular flexibility index (Phi) is 5.12. The van der Waals surface area contributed by atoms with E-state index < -0.39 is 0 Å². The summed E-state index contributed by atoms with van der Waals surface area (Å²) in [5.74, 6) is 0. The van der Waals surface area contributed by atoms with Gasteiger partial charge in [-0.25, -0.2) is 9.36 Å². The van der Waals surface area contributed by atoms with E-state index in [0.717, 1.165) is 55.7 Å². The van der Waals surface area contributed by atoms with Crippen molar-refractivity contribution in [1.82, 2.24) is 19.6 Å². The molecule has 0 amide bonds. The molecule has 7 rings (SSSR count). The number of nitrogens with zero attached hydrogens (tertiary/aromatic N) is 4. The molecular formula is C32H21ClN4. The van der Waals surface area contributed by atoms with Gasteiger partial charge < -0.3 is 0 Å². The van der Waals surface area contributed by atoms with Gasteiger partial charge in [-0.2, -0.15) is 10.2 Å². The largest absolute Gasteiger partial charge is 0.231 e. The van der Waals surface area contributed by atoms with Gasteiger partial charge in [-0.3, -0.25) is 0 Å². The summed E-state index contributed by atoms with van der Waals surface area (Å²) in [5, 5.41) is 12.8. The highest BCUT2D eigenvalue weighted by molar-refractivity contribution is 6.34. The molecule has 0 atom stereocenters. The fourth-order valence-corrected chi connectivity index (χ4v) is 5.24. The fraction of sp³-hybridized carbons (Fsp3) is 0. The van der Waals surface area contributed by atoms with Crippen LogP contribution in [-0.2, 0) is 0 Å². The van der Waals surface area contributed by atoms with Crippen LogP contribution in [0.3, 0.4) is 0 Å². The predicted molar refractivity (Wildman–Crippen MR) is 152 cm³/mol. The van der Waals surface area contributed by atoms with Gasteiger partial charge in [0.1, 0.15) is 11.4 Å². The van der Waals surface area contributed by atoms with Gasteiger partial charge in [-0.05, 0) is 24.3 Å². The highest BCUT2D eigenvalue weighted by Gasteiger charge is 2.19. The molecule has 5 aromatic carbocycles. The first-order chi connectivity index (χ1) is 18.3. The van der Waals surface area contributed by atoms with E-state index in [4.69, 9.17) is 21.8 Å². The van der Waals surface area contributed by atoms with E-state index in [1.54, 1.807) is 0 Å². The molecular weight excluding hydrogens is 476 g/mol. The van der Waals surface area contributed by atoms with E-state index >= 15 is 0 Å². The summed E-state index contributed by atoms with van der Waals surface area (Å²) in [6.45, 7) is 0. The minimum atomic E-state index is 0.586. The number of aromatic nitrogens is 4. The van der Waals surface area contributed by atoms with Gasteiger partial charge >= 0.3 is 0 Å². The van der Waals surface area contributed by atoms with Crippen molar-refractivity contribution in [2.24, 2.45) is 0 Å². The third-order valence-corrected chi connectivity index (χ3v) is 7.07. The van der Waals surface area contributed by atoms with Crippen molar-refractivity contribution >= 4 is 33.4 Å². The van der Waals surface area contributed by atoms with Crippen LogP contribution >= 0.6 is 11.6 Å². The van der Waals surface area contributed by atoms with E-state index in [0.29, 0.717) is 5.02 Å². The molecule has 4 nitrogen and oxygen atoms in total. The summed E-state index contributed by atoms with van der Waals surface area (Å²) < 4.78 is 3.88. The molecule has 0 saturated heterocycles. The van der Waals surface area contributed by atoms with Crippen molar-refractivity contribution in [3.05, 3.63) is 132 Å². The molecule has 0 N–H and O–H groups in total. The van der Waals surface area contributed by atoms with Crippen molar-refractivity contribution in [3.8, 4) is 33.9 Å². The maximum atomic E-state index is 7.17. The first-order valence-electron chi connectivity index (χ1n) is 12.2. The van der Waals surface area contributed by atoms with E-state index in [-0.39, 0.29) is 0 Å². The maximum absolute atomic E-state index is 7.17. The van der Waals surface area contributed by atoms with Gasteiger partial charge in [0.25, 0.3) is 0 Å². The zero-order valence-corrected chi connectivity index (χ0v) is 20.5. The third kappa shape index (κ3) is 3.53. The lowest BCUT2D eigenvalue weighted by Crippen LogP contribution is -2.03. The first-order valence-corrected chi connectivity index (χ1v) is 12.5. The summed E-state index contributed by atoms with van der Waals surface area (Å²) in [4.78, 5) is 0. The second-order valence-corrected chi connectivity index (χ2v) is 9.28. The highest BCUT2D eigenvalue weighted by atomic mass is 35.5. The van der Waals surface area contributed by atoms with Gasteiger partial charge in [0.05, 0.1) is 27.4 Å². The molecule has 2 heterocycles. The van der Waals surface area contributed by atoms with E-state index in [1.165, 1.54) is 0 Å².